The van der Waals surface area contributed by atoms with Gasteiger partial charge in [-0.05, 0) is 43.1 Å². The molecule has 0 radical (unpaired) electrons. The average molecular weight is 207 g/mol. The minimum absolute atomic E-state index is 0.252. The predicted octanol–water partition coefficient (Wildman–Crippen LogP) is 1.39. The lowest BCUT2D eigenvalue weighted by Gasteiger charge is -2.10. The fraction of sp³-hybridized carbons (Fsp3) is 0.500. The summed E-state index contributed by atoms with van der Waals surface area (Å²) in [7, 11) is 0. The lowest BCUT2D eigenvalue weighted by molar-refractivity contribution is 0.170. The first-order valence-electron chi connectivity index (χ1n) is 5.38. The highest BCUT2D eigenvalue weighted by atomic mass is 16.5. The molecular weight excluding hydrogens is 190 g/mol. The number of aliphatic hydroxyl groups is 1. The monoisotopic (exact) mass is 207 g/mol. The maximum absolute atomic E-state index is 9.80. The highest BCUT2D eigenvalue weighted by Crippen LogP contribution is 2.31. The second-order valence-corrected chi connectivity index (χ2v) is 4.09. The molecular formula is C12H17NO2. The maximum atomic E-state index is 9.80. The van der Waals surface area contributed by atoms with Crippen molar-refractivity contribution < 1.29 is 9.84 Å². The van der Waals surface area contributed by atoms with Gasteiger partial charge in [0.1, 0.15) is 11.9 Å². The topological polar surface area (TPSA) is 55.5 Å². The Kier molecular flexibility index (Phi) is 2.93. The Balaban J connectivity index is 2.19. The molecule has 3 N–H and O–H groups in total. The zero-order valence-electron chi connectivity index (χ0n) is 8.94. The molecule has 0 spiro atoms. The highest BCUT2D eigenvalue weighted by Gasteiger charge is 2.20. The van der Waals surface area contributed by atoms with Gasteiger partial charge in [0.2, 0.25) is 0 Å². The molecule has 2 atom stereocenters. The third kappa shape index (κ3) is 2.13. The largest absolute Gasteiger partial charge is 0.490 e. The van der Waals surface area contributed by atoms with Crippen molar-refractivity contribution in [3.8, 4) is 5.75 Å². The first-order valence-corrected chi connectivity index (χ1v) is 5.38. The van der Waals surface area contributed by atoms with Crippen LogP contribution in [-0.4, -0.2) is 17.8 Å². The van der Waals surface area contributed by atoms with Gasteiger partial charge in [0, 0.05) is 6.42 Å². The van der Waals surface area contributed by atoms with Crippen LogP contribution in [0.25, 0.3) is 0 Å². The summed E-state index contributed by atoms with van der Waals surface area (Å²) in [6, 6.07) is 5.88. The van der Waals surface area contributed by atoms with Crippen LogP contribution in [0.4, 0.5) is 0 Å². The molecule has 0 saturated carbocycles. The van der Waals surface area contributed by atoms with Crippen molar-refractivity contribution in [3.05, 3.63) is 29.3 Å². The zero-order chi connectivity index (χ0) is 10.8. The third-order valence-electron chi connectivity index (χ3n) is 2.74. The summed E-state index contributed by atoms with van der Waals surface area (Å²) in [5, 5.41) is 9.80. The van der Waals surface area contributed by atoms with E-state index < -0.39 is 6.10 Å². The van der Waals surface area contributed by atoms with Crippen LogP contribution in [0, 0.1) is 0 Å². The summed E-state index contributed by atoms with van der Waals surface area (Å²) < 4.78 is 5.60. The fourth-order valence-electron chi connectivity index (χ4n) is 1.97. The van der Waals surface area contributed by atoms with Gasteiger partial charge < -0.3 is 15.6 Å². The van der Waals surface area contributed by atoms with Gasteiger partial charge in [-0.3, -0.25) is 0 Å². The fourth-order valence-corrected chi connectivity index (χ4v) is 1.97. The van der Waals surface area contributed by atoms with Crippen molar-refractivity contribution >= 4 is 0 Å². The molecule has 82 valence electrons. The van der Waals surface area contributed by atoms with E-state index >= 15 is 0 Å². The maximum Gasteiger partial charge on any atom is 0.123 e. The average Bonchev–Trinajstić information content (AvgIpc) is 2.57. The summed E-state index contributed by atoms with van der Waals surface area (Å²) >= 11 is 0. The number of rotatable bonds is 3. The smallest absolute Gasteiger partial charge is 0.123 e. The lowest BCUT2D eigenvalue weighted by atomic mass is 10.0. The van der Waals surface area contributed by atoms with E-state index in [0.29, 0.717) is 13.0 Å². The zero-order valence-corrected chi connectivity index (χ0v) is 8.94. The molecule has 0 bridgehead atoms. The van der Waals surface area contributed by atoms with Crippen molar-refractivity contribution in [2.24, 2.45) is 5.73 Å². The van der Waals surface area contributed by atoms with Crippen LogP contribution in [0.5, 0.6) is 5.75 Å². The predicted molar refractivity (Wildman–Crippen MR) is 58.9 cm³/mol. The molecule has 0 fully saturated rings. The quantitative estimate of drug-likeness (QED) is 0.787. The number of ether oxygens (including phenoxy) is 1. The van der Waals surface area contributed by atoms with E-state index in [1.54, 1.807) is 0 Å². The molecule has 1 aliphatic rings. The van der Waals surface area contributed by atoms with Crippen molar-refractivity contribution in [3.63, 3.8) is 0 Å². The molecule has 1 unspecified atom stereocenters. The van der Waals surface area contributed by atoms with Crippen LogP contribution >= 0.6 is 0 Å². The van der Waals surface area contributed by atoms with Crippen molar-refractivity contribution in [1.82, 2.24) is 0 Å². The molecule has 1 aliphatic heterocycles. The van der Waals surface area contributed by atoms with E-state index in [0.717, 1.165) is 17.7 Å². The van der Waals surface area contributed by atoms with Gasteiger partial charge in [-0.1, -0.05) is 6.07 Å². The van der Waals surface area contributed by atoms with Crippen molar-refractivity contribution in [2.75, 3.05) is 6.54 Å². The first kappa shape index (κ1) is 10.5. The van der Waals surface area contributed by atoms with Crippen molar-refractivity contribution in [1.29, 1.82) is 0 Å². The number of hydrogen-bond acceptors (Lipinski definition) is 3. The minimum atomic E-state index is -0.448. The number of fused-ring (bicyclic) bond motifs is 1. The molecule has 1 heterocycles. The summed E-state index contributed by atoms with van der Waals surface area (Å²) in [4.78, 5) is 0. The van der Waals surface area contributed by atoms with Crippen LogP contribution in [0.15, 0.2) is 18.2 Å². The number of aliphatic hydroxyl groups excluding tert-OH is 1. The Morgan fingerprint density at radius 2 is 2.40 bits per heavy atom. The van der Waals surface area contributed by atoms with Crippen LogP contribution in [0.1, 0.15) is 30.6 Å². The Morgan fingerprint density at radius 1 is 1.60 bits per heavy atom. The van der Waals surface area contributed by atoms with Gasteiger partial charge in [-0.15, -0.1) is 0 Å². The molecule has 15 heavy (non-hydrogen) atoms. The SMILES string of the molecule is CC1Cc2cc([C@@H](O)CCN)ccc2O1. The van der Waals surface area contributed by atoms with Crippen LogP contribution in [0.3, 0.4) is 0 Å². The molecule has 3 nitrogen and oxygen atoms in total. The molecule has 0 aliphatic carbocycles. The first-order chi connectivity index (χ1) is 7.20. The Morgan fingerprint density at radius 3 is 3.13 bits per heavy atom. The molecule has 0 aromatic heterocycles. The Labute approximate surface area is 89.9 Å². The molecule has 1 aromatic carbocycles. The second kappa shape index (κ2) is 4.21. The van der Waals surface area contributed by atoms with Gasteiger partial charge in [0.25, 0.3) is 0 Å². The minimum Gasteiger partial charge on any atom is -0.490 e. The van der Waals surface area contributed by atoms with E-state index in [2.05, 4.69) is 6.92 Å². The number of nitrogens with two attached hydrogens (primary N) is 1. The van der Waals surface area contributed by atoms with Crippen LogP contribution in [-0.2, 0) is 6.42 Å². The summed E-state index contributed by atoms with van der Waals surface area (Å²) in [5.41, 5.74) is 7.55. The summed E-state index contributed by atoms with van der Waals surface area (Å²) in [6.07, 6.45) is 1.34. The molecule has 3 heteroatoms. The number of hydrogen-bond donors (Lipinski definition) is 2. The van der Waals surface area contributed by atoms with E-state index in [4.69, 9.17) is 10.5 Å². The van der Waals surface area contributed by atoms with Gasteiger partial charge in [0.15, 0.2) is 0 Å². The Hall–Kier alpha value is -1.06. The van der Waals surface area contributed by atoms with Crippen LogP contribution in [0.2, 0.25) is 0 Å². The molecule has 0 saturated heterocycles. The van der Waals surface area contributed by atoms with Gasteiger partial charge in [0.05, 0.1) is 6.10 Å². The van der Waals surface area contributed by atoms with Gasteiger partial charge in [-0.25, -0.2) is 0 Å². The van der Waals surface area contributed by atoms with Gasteiger partial charge in [-0.2, -0.15) is 0 Å². The second-order valence-electron chi connectivity index (χ2n) is 4.09. The normalized spacial score (nSPS) is 20.9. The van der Waals surface area contributed by atoms with Crippen LogP contribution < -0.4 is 10.5 Å². The van der Waals surface area contributed by atoms with E-state index in [9.17, 15) is 5.11 Å². The third-order valence-corrected chi connectivity index (χ3v) is 2.74. The highest BCUT2D eigenvalue weighted by molar-refractivity contribution is 5.41. The summed E-state index contributed by atoms with van der Waals surface area (Å²) in [6.45, 7) is 2.56. The lowest BCUT2D eigenvalue weighted by Crippen LogP contribution is -2.06. The van der Waals surface area contributed by atoms with Crippen molar-refractivity contribution in [2.45, 2.75) is 32.0 Å². The molecule has 2 rings (SSSR count). The summed E-state index contributed by atoms with van der Waals surface area (Å²) in [5.74, 6) is 0.950. The van der Waals surface area contributed by atoms with E-state index in [1.807, 2.05) is 18.2 Å². The van der Waals surface area contributed by atoms with E-state index in [-0.39, 0.29) is 6.10 Å². The standard InChI is InChI=1S/C12H17NO2/c1-8-6-10-7-9(11(14)4-5-13)2-3-12(10)15-8/h2-3,7-8,11,14H,4-6,13H2,1H3/t8?,11-/m0/s1. The van der Waals surface area contributed by atoms with Gasteiger partial charge >= 0.3 is 0 Å². The van der Waals surface area contributed by atoms with E-state index in [1.165, 1.54) is 5.56 Å². The number of benzene rings is 1. The molecule has 1 aromatic rings. The molecule has 0 amide bonds. The Bertz CT molecular complexity index is 351.